The third-order valence-electron chi connectivity index (χ3n) is 2.65. The summed E-state index contributed by atoms with van der Waals surface area (Å²) in [4.78, 5) is 13.1. The van der Waals surface area contributed by atoms with Gasteiger partial charge in [-0.2, -0.15) is 4.80 Å². The van der Waals surface area contributed by atoms with Crippen molar-refractivity contribution in [3.63, 3.8) is 0 Å². The number of hydrogen-bond acceptors (Lipinski definition) is 5. The van der Waals surface area contributed by atoms with Gasteiger partial charge >= 0.3 is 0 Å². The number of tetrazole rings is 1. The summed E-state index contributed by atoms with van der Waals surface area (Å²) in [6.07, 6.45) is 0. The van der Waals surface area contributed by atoms with Gasteiger partial charge in [0.15, 0.2) is 11.6 Å². The molecule has 2 aromatic heterocycles. The first kappa shape index (κ1) is 12.7. The smallest absolute Gasteiger partial charge is 0.221 e. The molecular formula is C12H8ClFN4O2. The Morgan fingerprint density at radius 2 is 2.25 bits per heavy atom. The Kier molecular flexibility index (Phi) is 3.19. The fraction of sp³-hybridized carbons (Fsp3) is 0.167. The molecular weight excluding hydrogens is 287 g/mol. The van der Waals surface area contributed by atoms with E-state index in [4.69, 9.17) is 16.0 Å². The average molecular weight is 295 g/mol. The zero-order valence-electron chi connectivity index (χ0n) is 10.1. The molecule has 3 aromatic rings. The summed E-state index contributed by atoms with van der Waals surface area (Å²) >= 11 is 5.54. The minimum Gasteiger partial charge on any atom is -0.453 e. The number of benzene rings is 1. The van der Waals surface area contributed by atoms with Gasteiger partial charge in [0, 0.05) is 5.39 Å². The van der Waals surface area contributed by atoms with Crippen LogP contribution >= 0.6 is 11.6 Å². The number of rotatable bonds is 4. The Bertz CT molecular complexity index is 783. The number of hydrogen-bond donors (Lipinski definition) is 0. The van der Waals surface area contributed by atoms with Crippen LogP contribution < -0.4 is 0 Å². The highest BCUT2D eigenvalue weighted by atomic mass is 35.5. The van der Waals surface area contributed by atoms with E-state index in [-0.39, 0.29) is 29.8 Å². The lowest BCUT2D eigenvalue weighted by Gasteiger charge is -1.94. The SMILES string of the molecule is O=C(Cn1nnc(CCl)n1)c1cc2cc(F)ccc2o1. The van der Waals surface area contributed by atoms with Crippen LogP contribution in [0.4, 0.5) is 4.39 Å². The van der Waals surface area contributed by atoms with E-state index >= 15 is 0 Å². The molecule has 6 nitrogen and oxygen atoms in total. The maximum Gasteiger partial charge on any atom is 0.221 e. The van der Waals surface area contributed by atoms with Gasteiger partial charge in [0.2, 0.25) is 5.78 Å². The van der Waals surface area contributed by atoms with Crippen LogP contribution in [0.5, 0.6) is 0 Å². The number of furan rings is 1. The first-order chi connectivity index (χ1) is 9.65. The largest absolute Gasteiger partial charge is 0.453 e. The first-order valence-corrected chi connectivity index (χ1v) is 6.24. The normalized spacial score (nSPS) is 11.1. The summed E-state index contributed by atoms with van der Waals surface area (Å²) in [5, 5.41) is 11.8. The summed E-state index contributed by atoms with van der Waals surface area (Å²) in [6.45, 7) is -0.119. The fourth-order valence-electron chi connectivity index (χ4n) is 1.75. The molecule has 0 atom stereocenters. The van der Waals surface area contributed by atoms with E-state index in [9.17, 15) is 9.18 Å². The molecule has 0 radical (unpaired) electrons. The molecule has 0 bridgehead atoms. The van der Waals surface area contributed by atoms with Crippen molar-refractivity contribution >= 4 is 28.4 Å². The predicted octanol–water partition coefficient (Wildman–Crippen LogP) is 2.18. The molecule has 0 aliphatic heterocycles. The van der Waals surface area contributed by atoms with E-state index in [1.807, 2.05) is 0 Å². The quantitative estimate of drug-likeness (QED) is 0.544. The van der Waals surface area contributed by atoms with Crippen LogP contribution in [-0.2, 0) is 12.4 Å². The van der Waals surface area contributed by atoms with Crippen molar-refractivity contribution in [3.8, 4) is 0 Å². The van der Waals surface area contributed by atoms with Gasteiger partial charge in [0.05, 0.1) is 5.88 Å². The maximum absolute atomic E-state index is 13.1. The molecule has 0 aliphatic carbocycles. The predicted molar refractivity (Wildman–Crippen MR) is 67.9 cm³/mol. The van der Waals surface area contributed by atoms with Gasteiger partial charge in [-0.05, 0) is 29.5 Å². The van der Waals surface area contributed by atoms with Crippen molar-refractivity contribution in [2.24, 2.45) is 0 Å². The number of fused-ring (bicyclic) bond motifs is 1. The van der Waals surface area contributed by atoms with E-state index in [2.05, 4.69) is 15.4 Å². The monoisotopic (exact) mass is 294 g/mol. The lowest BCUT2D eigenvalue weighted by atomic mass is 10.2. The van der Waals surface area contributed by atoms with Crippen LogP contribution in [0, 0.1) is 5.82 Å². The molecule has 0 fully saturated rings. The van der Waals surface area contributed by atoms with E-state index < -0.39 is 0 Å². The van der Waals surface area contributed by atoms with Crippen molar-refractivity contribution in [3.05, 3.63) is 41.7 Å². The summed E-state index contributed by atoms with van der Waals surface area (Å²) < 4.78 is 18.4. The van der Waals surface area contributed by atoms with E-state index in [1.54, 1.807) is 0 Å². The van der Waals surface area contributed by atoms with Crippen molar-refractivity contribution < 1.29 is 13.6 Å². The van der Waals surface area contributed by atoms with Crippen molar-refractivity contribution in [1.29, 1.82) is 0 Å². The highest BCUT2D eigenvalue weighted by Gasteiger charge is 2.15. The van der Waals surface area contributed by atoms with Crippen LogP contribution in [0.3, 0.4) is 0 Å². The maximum atomic E-state index is 13.1. The van der Waals surface area contributed by atoms with Crippen molar-refractivity contribution in [2.45, 2.75) is 12.4 Å². The van der Waals surface area contributed by atoms with Crippen LogP contribution in [-0.4, -0.2) is 26.0 Å². The van der Waals surface area contributed by atoms with Gasteiger partial charge in [-0.3, -0.25) is 4.79 Å². The molecule has 8 heteroatoms. The fourth-order valence-corrected chi connectivity index (χ4v) is 1.86. The number of halogens is 2. The lowest BCUT2D eigenvalue weighted by Crippen LogP contribution is -2.12. The zero-order valence-corrected chi connectivity index (χ0v) is 10.8. The second-order valence-corrected chi connectivity index (χ2v) is 4.35. The first-order valence-electron chi connectivity index (χ1n) is 5.70. The highest BCUT2D eigenvalue weighted by molar-refractivity contribution is 6.16. The minimum atomic E-state index is -0.387. The number of nitrogens with zero attached hydrogens (tertiary/aromatic N) is 4. The van der Waals surface area contributed by atoms with Crippen molar-refractivity contribution in [2.75, 3.05) is 0 Å². The number of carbonyl (C=O) groups excluding carboxylic acids is 1. The minimum absolute atomic E-state index is 0.119. The van der Waals surface area contributed by atoms with Gasteiger partial charge in [-0.1, -0.05) is 0 Å². The van der Waals surface area contributed by atoms with Crippen LogP contribution in [0.1, 0.15) is 16.4 Å². The molecule has 1 aromatic carbocycles. The van der Waals surface area contributed by atoms with Gasteiger partial charge in [-0.15, -0.1) is 21.8 Å². The second kappa shape index (κ2) is 5.01. The number of alkyl halides is 1. The van der Waals surface area contributed by atoms with E-state index in [0.29, 0.717) is 16.8 Å². The Hall–Kier alpha value is -2.28. The molecule has 2 heterocycles. The second-order valence-electron chi connectivity index (χ2n) is 4.09. The van der Waals surface area contributed by atoms with E-state index in [1.165, 1.54) is 24.3 Å². The third-order valence-corrected chi connectivity index (χ3v) is 2.89. The molecule has 0 spiro atoms. The van der Waals surface area contributed by atoms with Gasteiger partial charge < -0.3 is 4.42 Å². The van der Waals surface area contributed by atoms with Gasteiger partial charge in [-0.25, -0.2) is 4.39 Å². The molecule has 3 rings (SSSR count). The Morgan fingerprint density at radius 1 is 1.40 bits per heavy atom. The van der Waals surface area contributed by atoms with Crippen LogP contribution in [0.15, 0.2) is 28.7 Å². The highest BCUT2D eigenvalue weighted by Crippen LogP contribution is 2.20. The summed E-state index contributed by atoms with van der Waals surface area (Å²) in [5.41, 5.74) is 0.447. The molecule has 0 amide bonds. The molecule has 20 heavy (non-hydrogen) atoms. The zero-order chi connectivity index (χ0) is 14.1. The summed E-state index contributed by atoms with van der Waals surface area (Å²) in [6, 6.07) is 5.53. The van der Waals surface area contributed by atoms with Gasteiger partial charge in [0.25, 0.3) is 0 Å². The van der Waals surface area contributed by atoms with Crippen LogP contribution in [0.25, 0.3) is 11.0 Å². The average Bonchev–Trinajstić information content (AvgIpc) is 3.04. The number of aromatic nitrogens is 4. The molecule has 0 saturated carbocycles. The number of Topliss-reactive ketones (excluding diaryl/α,β-unsaturated/α-hetero) is 1. The topological polar surface area (TPSA) is 73.8 Å². The Balaban J connectivity index is 1.84. The number of ketones is 1. The Labute approximate surface area is 117 Å². The lowest BCUT2D eigenvalue weighted by molar-refractivity contribution is 0.0936. The van der Waals surface area contributed by atoms with Crippen LogP contribution in [0.2, 0.25) is 0 Å². The van der Waals surface area contributed by atoms with Gasteiger partial charge in [0.1, 0.15) is 17.9 Å². The summed E-state index contributed by atoms with van der Waals surface area (Å²) in [5.74, 6) is -0.137. The van der Waals surface area contributed by atoms with E-state index in [0.717, 1.165) is 4.80 Å². The molecule has 0 aliphatic rings. The molecule has 0 unspecified atom stereocenters. The third kappa shape index (κ3) is 2.39. The molecule has 0 N–H and O–H groups in total. The standard InChI is InChI=1S/C12H8ClFN4O2/c13-5-12-15-17-18(16-12)6-9(19)11-4-7-3-8(14)1-2-10(7)20-11/h1-4H,5-6H2. The molecule has 102 valence electrons. The molecule has 0 saturated heterocycles. The number of carbonyl (C=O) groups is 1. The summed E-state index contributed by atoms with van der Waals surface area (Å²) in [7, 11) is 0. The Morgan fingerprint density at radius 3 is 3.00 bits per heavy atom. The van der Waals surface area contributed by atoms with Crippen molar-refractivity contribution in [1.82, 2.24) is 20.2 Å².